The van der Waals surface area contributed by atoms with Crippen molar-refractivity contribution >= 4 is 43.3 Å². The molecule has 0 spiro atoms. The highest BCUT2D eigenvalue weighted by atomic mass is 79.9. The maximum absolute atomic E-state index is 12.6. The Balaban J connectivity index is 2.21. The van der Waals surface area contributed by atoms with Crippen molar-refractivity contribution in [1.82, 2.24) is 5.43 Å². The Hall–Kier alpha value is -2.39. The van der Waals surface area contributed by atoms with E-state index in [9.17, 15) is 13.2 Å². The summed E-state index contributed by atoms with van der Waals surface area (Å²) in [7, 11) is -3.71. The van der Waals surface area contributed by atoms with Crippen molar-refractivity contribution in [2.75, 3.05) is 17.2 Å². The van der Waals surface area contributed by atoms with E-state index >= 15 is 0 Å². The third-order valence-electron chi connectivity index (χ3n) is 4.07. The minimum Gasteiger partial charge on any atom is -0.494 e. The number of carbonyl (C=O) groups is 1. The monoisotopic (exact) mass is 481 g/mol. The number of sulfonamides is 1. The largest absolute Gasteiger partial charge is 0.494 e. The van der Waals surface area contributed by atoms with Crippen LogP contribution in [0.25, 0.3) is 0 Å². The Bertz CT molecular complexity index is 991. The van der Waals surface area contributed by atoms with Crippen molar-refractivity contribution in [3.05, 3.63) is 58.6 Å². The van der Waals surface area contributed by atoms with Crippen LogP contribution in [-0.2, 0) is 14.8 Å². The fourth-order valence-electron chi connectivity index (χ4n) is 2.68. The average molecular weight is 482 g/mol. The smallest absolute Gasteiger partial charge is 0.263 e. The van der Waals surface area contributed by atoms with Gasteiger partial charge in [0.1, 0.15) is 11.8 Å². The molecule has 0 aliphatic carbocycles. The summed E-state index contributed by atoms with van der Waals surface area (Å²) >= 11 is 3.39. The fourth-order valence-corrected chi connectivity index (χ4v) is 4.25. The van der Waals surface area contributed by atoms with Crippen LogP contribution in [0.3, 0.4) is 0 Å². The minimum absolute atomic E-state index is 0.367. The maximum Gasteiger partial charge on any atom is 0.263 e. The number of hydrogen-bond acceptors (Lipinski definition) is 5. The number of carbonyl (C=O) groups excluding carboxylic acids is 1. The van der Waals surface area contributed by atoms with Gasteiger partial charge in [0.15, 0.2) is 0 Å². The van der Waals surface area contributed by atoms with Crippen LogP contribution in [0.2, 0.25) is 0 Å². The van der Waals surface area contributed by atoms with Crippen molar-refractivity contribution in [3.8, 4) is 5.75 Å². The van der Waals surface area contributed by atoms with Crippen molar-refractivity contribution in [2.24, 2.45) is 5.10 Å². The van der Waals surface area contributed by atoms with Crippen LogP contribution >= 0.6 is 15.9 Å². The van der Waals surface area contributed by atoms with E-state index in [1.54, 1.807) is 31.2 Å². The Morgan fingerprint density at radius 3 is 2.45 bits per heavy atom. The summed E-state index contributed by atoms with van der Waals surface area (Å²) < 4.78 is 32.0. The Morgan fingerprint density at radius 2 is 1.90 bits per heavy atom. The average Bonchev–Trinajstić information content (AvgIpc) is 2.66. The third-order valence-corrected chi connectivity index (χ3v) is 5.80. The third kappa shape index (κ3) is 6.30. The van der Waals surface area contributed by atoms with Gasteiger partial charge in [-0.2, -0.15) is 5.10 Å². The Labute approximate surface area is 179 Å². The first kappa shape index (κ1) is 22.9. The predicted molar refractivity (Wildman–Crippen MR) is 119 cm³/mol. The van der Waals surface area contributed by atoms with Gasteiger partial charge in [0.2, 0.25) is 10.0 Å². The Kier molecular flexibility index (Phi) is 7.80. The fraction of sp³-hybridized carbons (Fsp3) is 0.300. The second-order valence-electron chi connectivity index (χ2n) is 6.35. The summed E-state index contributed by atoms with van der Waals surface area (Å²) in [5.41, 5.74) is 4.25. The molecule has 0 saturated carbocycles. The molecule has 0 unspecified atom stereocenters. The molecule has 0 aliphatic rings. The van der Waals surface area contributed by atoms with Crippen LogP contribution < -0.4 is 14.5 Å². The van der Waals surface area contributed by atoms with Gasteiger partial charge in [-0.25, -0.2) is 13.8 Å². The van der Waals surface area contributed by atoms with Gasteiger partial charge in [-0.15, -0.1) is 0 Å². The summed E-state index contributed by atoms with van der Waals surface area (Å²) in [5, 5.41) is 4.11. The van der Waals surface area contributed by atoms with Gasteiger partial charge in [0.25, 0.3) is 5.91 Å². The molecule has 1 N–H and O–H groups in total. The zero-order valence-electron chi connectivity index (χ0n) is 16.7. The van der Waals surface area contributed by atoms with E-state index in [0.29, 0.717) is 23.8 Å². The highest BCUT2D eigenvalue weighted by Gasteiger charge is 2.29. The second kappa shape index (κ2) is 9.89. The number of amides is 1. The summed E-state index contributed by atoms with van der Waals surface area (Å²) in [5.74, 6) is 0.0784. The van der Waals surface area contributed by atoms with Crippen LogP contribution in [0.15, 0.2) is 58.1 Å². The lowest BCUT2D eigenvalue weighted by molar-refractivity contribution is -0.121. The molecule has 7 nitrogen and oxygen atoms in total. The van der Waals surface area contributed by atoms with Gasteiger partial charge < -0.3 is 4.74 Å². The normalized spacial score (nSPS) is 12.9. The van der Waals surface area contributed by atoms with Gasteiger partial charge in [0, 0.05) is 4.47 Å². The summed E-state index contributed by atoms with van der Waals surface area (Å²) in [6.45, 7) is 5.63. The number of benzene rings is 2. The molecule has 0 aliphatic heterocycles. The molecule has 2 rings (SSSR count). The number of hydrazone groups is 1. The molecular weight excluding hydrogens is 458 g/mol. The number of ether oxygens (including phenoxy) is 1. The van der Waals surface area contributed by atoms with Crippen LogP contribution in [0.4, 0.5) is 5.69 Å². The van der Waals surface area contributed by atoms with Crippen molar-refractivity contribution in [1.29, 1.82) is 0 Å². The number of anilines is 1. The number of halogens is 1. The molecule has 1 atom stereocenters. The lowest BCUT2D eigenvalue weighted by Crippen LogP contribution is -2.46. The van der Waals surface area contributed by atoms with E-state index in [-0.39, 0.29) is 0 Å². The van der Waals surface area contributed by atoms with Crippen LogP contribution in [0.1, 0.15) is 26.3 Å². The molecular formula is C20H24BrN3O4S. The lowest BCUT2D eigenvalue weighted by Gasteiger charge is -2.27. The summed E-state index contributed by atoms with van der Waals surface area (Å²) in [4.78, 5) is 12.6. The summed E-state index contributed by atoms with van der Waals surface area (Å²) in [6.07, 6.45) is 1.06. The first-order valence-corrected chi connectivity index (χ1v) is 11.6. The number of nitrogens with one attached hydrogen (secondary N) is 1. The maximum atomic E-state index is 12.6. The number of rotatable bonds is 8. The van der Waals surface area contributed by atoms with Gasteiger partial charge in [-0.1, -0.05) is 28.1 Å². The van der Waals surface area contributed by atoms with Crippen LogP contribution in [0, 0.1) is 0 Å². The van der Waals surface area contributed by atoms with Crippen molar-refractivity contribution in [2.45, 2.75) is 26.8 Å². The first-order valence-electron chi connectivity index (χ1n) is 8.95. The molecule has 9 heteroatoms. The quantitative estimate of drug-likeness (QED) is 0.461. The van der Waals surface area contributed by atoms with E-state index in [2.05, 4.69) is 26.5 Å². The zero-order valence-corrected chi connectivity index (χ0v) is 19.1. The molecule has 1 amide bonds. The molecule has 2 aromatic carbocycles. The first-order chi connectivity index (χ1) is 13.6. The SMILES string of the molecule is CCOc1ccc(N([C@@H](C)C(=O)N/N=C(/C)c2cccc(Br)c2)S(C)(=O)=O)cc1. The van der Waals surface area contributed by atoms with Crippen molar-refractivity contribution in [3.63, 3.8) is 0 Å². The minimum atomic E-state index is -3.71. The second-order valence-corrected chi connectivity index (χ2v) is 9.12. The molecule has 0 saturated heterocycles. The molecule has 29 heavy (non-hydrogen) atoms. The predicted octanol–water partition coefficient (Wildman–Crippen LogP) is 3.54. The Morgan fingerprint density at radius 1 is 1.24 bits per heavy atom. The lowest BCUT2D eigenvalue weighted by atomic mass is 10.1. The number of hydrogen-bond donors (Lipinski definition) is 1. The molecule has 2 aromatic rings. The zero-order chi connectivity index (χ0) is 21.6. The van der Waals surface area contributed by atoms with E-state index in [1.165, 1.54) is 6.92 Å². The number of nitrogens with zero attached hydrogens (tertiary/aromatic N) is 2. The van der Waals surface area contributed by atoms with Crippen molar-refractivity contribution < 1.29 is 17.9 Å². The topological polar surface area (TPSA) is 88.1 Å². The standard InChI is InChI=1S/C20H24BrN3O4S/c1-5-28-19-11-9-18(10-12-19)24(29(4,26)27)15(3)20(25)23-22-14(2)16-7-6-8-17(21)13-16/h6-13,15H,5H2,1-4H3,(H,23,25)/b22-14-/t15-/m0/s1. The van der Waals surface area contributed by atoms with Gasteiger partial charge >= 0.3 is 0 Å². The molecule has 156 valence electrons. The van der Waals surface area contributed by atoms with E-state index in [4.69, 9.17) is 4.74 Å². The van der Waals surface area contributed by atoms with E-state index in [1.807, 2.05) is 31.2 Å². The highest BCUT2D eigenvalue weighted by molar-refractivity contribution is 9.10. The molecule has 0 heterocycles. The van der Waals surface area contributed by atoms with Crippen LogP contribution in [-0.4, -0.2) is 38.9 Å². The van der Waals surface area contributed by atoms with Gasteiger partial charge in [-0.05, 0) is 62.7 Å². The molecule has 0 aromatic heterocycles. The molecule has 0 radical (unpaired) electrons. The van der Waals surface area contributed by atoms with Crippen LogP contribution in [0.5, 0.6) is 5.75 Å². The van der Waals surface area contributed by atoms with E-state index < -0.39 is 22.0 Å². The highest BCUT2D eigenvalue weighted by Crippen LogP contribution is 2.24. The van der Waals surface area contributed by atoms with Gasteiger partial charge in [-0.3, -0.25) is 9.10 Å². The molecule has 0 bridgehead atoms. The summed E-state index contributed by atoms with van der Waals surface area (Å²) in [6, 6.07) is 13.0. The van der Waals surface area contributed by atoms with Gasteiger partial charge in [0.05, 0.1) is 24.3 Å². The van der Waals surface area contributed by atoms with E-state index in [0.717, 1.165) is 20.6 Å². The molecule has 0 fully saturated rings.